The molecule has 2 atom stereocenters. The summed E-state index contributed by atoms with van der Waals surface area (Å²) in [6, 6.07) is 5.86. The van der Waals surface area contributed by atoms with Gasteiger partial charge < -0.3 is 15.2 Å². The fraction of sp³-hybridized carbons (Fsp3) is 0.444. The molecule has 3 rings (SSSR count). The van der Waals surface area contributed by atoms with Crippen LogP contribution in [0, 0.1) is 5.82 Å². The van der Waals surface area contributed by atoms with Gasteiger partial charge in [0.15, 0.2) is 0 Å². The van der Waals surface area contributed by atoms with Crippen LogP contribution in [0.2, 0.25) is 0 Å². The molecule has 0 spiro atoms. The lowest BCUT2D eigenvalue weighted by atomic mass is 9.98. The first kappa shape index (κ1) is 16.6. The van der Waals surface area contributed by atoms with Crippen LogP contribution in [0.15, 0.2) is 36.7 Å². The number of amides is 1. The van der Waals surface area contributed by atoms with Gasteiger partial charge in [-0.2, -0.15) is 0 Å². The third-order valence-electron chi connectivity index (χ3n) is 4.51. The zero-order valence-corrected chi connectivity index (χ0v) is 13.8. The van der Waals surface area contributed by atoms with Crippen molar-refractivity contribution in [3.8, 4) is 0 Å². The minimum Gasteiger partial charge on any atom is -0.351 e. The standard InChI is InChI=1S/C18H23FN4O/c1-13(18(24)22-11-14-4-6-16(19)7-5-14)21-12-15-3-2-9-23-10-8-20-17(15)23/h4-8,10,13,15,21H,2-3,9,11-12H2,1H3,(H,22,24)/t13-,15-/m1/s1. The van der Waals surface area contributed by atoms with Crippen molar-refractivity contribution in [2.45, 2.75) is 44.8 Å². The molecule has 0 bridgehead atoms. The fourth-order valence-electron chi connectivity index (χ4n) is 3.06. The Balaban J connectivity index is 1.46. The van der Waals surface area contributed by atoms with Crippen LogP contribution in [-0.2, 0) is 17.9 Å². The molecule has 0 aliphatic carbocycles. The van der Waals surface area contributed by atoms with Crippen molar-refractivity contribution in [2.24, 2.45) is 0 Å². The van der Waals surface area contributed by atoms with Crippen LogP contribution in [-0.4, -0.2) is 28.0 Å². The predicted molar refractivity (Wildman–Crippen MR) is 89.9 cm³/mol. The van der Waals surface area contributed by atoms with E-state index < -0.39 is 0 Å². The van der Waals surface area contributed by atoms with E-state index in [0.29, 0.717) is 12.5 Å². The lowest BCUT2D eigenvalue weighted by molar-refractivity contribution is -0.122. The van der Waals surface area contributed by atoms with Crippen molar-refractivity contribution in [1.29, 1.82) is 0 Å². The van der Waals surface area contributed by atoms with E-state index in [2.05, 4.69) is 20.2 Å². The summed E-state index contributed by atoms with van der Waals surface area (Å²) in [5.41, 5.74) is 0.881. The van der Waals surface area contributed by atoms with Crippen LogP contribution < -0.4 is 10.6 Å². The van der Waals surface area contributed by atoms with Gasteiger partial charge in [0.2, 0.25) is 5.91 Å². The Morgan fingerprint density at radius 1 is 1.42 bits per heavy atom. The van der Waals surface area contributed by atoms with Crippen molar-refractivity contribution in [2.75, 3.05) is 6.54 Å². The molecular formula is C18H23FN4O. The number of halogens is 1. The Morgan fingerprint density at radius 2 is 2.21 bits per heavy atom. The van der Waals surface area contributed by atoms with Gasteiger partial charge in [-0.15, -0.1) is 0 Å². The molecule has 1 aromatic heterocycles. The predicted octanol–water partition coefficient (Wildman–Crippen LogP) is 2.19. The number of nitrogens with zero attached hydrogens (tertiary/aromatic N) is 2. The maximum absolute atomic E-state index is 12.9. The number of fused-ring (bicyclic) bond motifs is 1. The van der Waals surface area contributed by atoms with Crippen LogP contribution >= 0.6 is 0 Å². The Kier molecular flexibility index (Phi) is 5.25. The number of carbonyl (C=O) groups is 1. The second-order valence-electron chi connectivity index (χ2n) is 6.29. The minimum absolute atomic E-state index is 0.0570. The van der Waals surface area contributed by atoms with Crippen LogP contribution in [0.3, 0.4) is 0 Å². The SMILES string of the molecule is C[C@@H](NC[C@H]1CCCn2ccnc21)C(=O)NCc1ccc(F)cc1. The third kappa shape index (κ3) is 4.00. The highest BCUT2D eigenvalue weighted by Crippen LogP contribution is 2.24. The second kappa shape index (κ2) is 7.57. The molecule has 1 aliphatic rings. The molecule has 0 fully saturated rings. The summed E-state index contributed by atoms with van der Waals surface area (Å²) >= 11 is 0. The van der Waals surface area contributed by atoms with Gasteiger partial charge in [0.1, 0.15) is 11.6 Å². The summed E-state index contributed by atoms with van der Waals surface area (Å²) in [7, 11) is 0. The van der Waals surface area contributed by atoms with Gasteiger partial charge in [-0.25, -0.2) is 9.37 Å². The van der Waals surface area contributed by atoms with Gasteiger partial charge in [-0.3, -0.25) is 4.79 Å². The first-order valence-corrected chi connectivity index (χ1v) is 8.40. The highest BCUT2D eigenvalue weighted by molar-refractivity contribution is 5.81. The summed E-state index contributed by atoms with van der Waals surface area (Å²) in [6.07, 6.45) is 6.08. The van der Waals surface area contributed by atoms with E-state index >= 15 is 0 Å². The van der Waals surface area contributed by atoms with Crippen molar-refractivity contribution < 1.29 is 9.18 Å². The average molecular weight is 330 g/mol. The van der Waals surface area contributed by atoms with Gasteiger partial charge >= 0.3 is 0 Å². The molecule has 2 N–H and O–H groups in total. The summed E-state index contributed by atoms with van der Waals surface area (Å²) in [5, 5.41) is 6.18. The largest absolute Gasteiger partial charge is 0.351 e. The number of hydrogen-bond acceptors (Lipinski definition) is 3. The van der Waals surface area contributed by atoms with E-state index in [9.17, 15) is 9.18 Å². The topological polar surface area (TPSA) is 59.0 Å². The Bertz CT molecular complexity index is 683. The fourth-order valence-corrected chi connectivity index (χ4v) is 3.06. The molecule has 2 aromatic rings. The molecule has 1 amide bonds. The molecule has 1 aromatic carbocycles. The van der Waals surface area contributed by atoms with Crippen LogP contribution in [0.5, 0.6) is 0 Å². The van der Waals surface area contributed by atoms with Gasteiger partial charge in [-0.05, 0) is 37.5 Å². The van der Waals surface area contributed by atoms with Crippen LogP contribution in [0.1, 0.15) is 37.1 Å². The molecular weight excluding hydrogens is 307 g/mol. The normalized spacial score (nSPS) is 18.0. The van der Waals surface area contributed by atoms with Gasteiger partial charge in [0, 0.05) is 37.9 Å². The number of nitrogens with one attached hydrogen (secondary N) is 2. The van der Waals surface area contributed by atoms with Crippen LogP contribution in [0.25, 0.3) is 0 Å². The van der Waals surface area contributed by atoms with Crippen molar-refractivity contribution >= 4 is 5.91 Å². The zero-order valence-electron chi connectivity index (χ0n) is 13.8. The minimum atomic E-state index is -0.282. The lowest BCUT2D eigenvalue weighted by Gasteiger charge is -2.25. The van der Waals surface area contributed by atoms with Gasteiger partial charge in [-0.1, -0.05) is 12.1 Å². The first-order valence-electron chi connectivity index (χ1n) is 8.40. The molecule has 0 radical (unpaired) electrons. The Labute approximate surface area is 141 Å². The van der Waals surface area contributed by atoms with E-state index in [-0.39, 0.29) is 17.8 Å². The highest BCUT2D eigenvalue weighted by atomic mass is 19.1. The Morgan fingerprint density at radius 3 is 3.00 bits per heavy atom. The molecule has 0 saturated carbocycles. The maximum Gasteiger partial charge on any atom is 0.237 e. The zero-order chi connectivity index (χ0) is 16.9. The summed E-state index contributed by atoms with van der Waals surface area (Å²) < 4.78 is 15.1. The van der Waals surface area contributed by atoms with E-state index in [1.807, 2.05) is 19.3 Å². The van der Waals surface area contributed by atoms with E-state index in [0.717, 1.165) is 37.3 Å². The van der Waals surface area contributed by atoms with Gasteiger partial charge in [0.25, 0.3) is 0 Å². The average Bonchev–Trinajstić information content (AvgIpc) is 3.08. The molecule has 5 nitrogen and oxygen atoms in total. The molecule has 24 heavy (non-hydrogen) atoms. The first-order chi connectivity index (χ1) is 11.6. The van der Waals surface area contributed by atoms with Crippen molar-refractivity contribution in [3.63, 3.8) is 0 Å². The number of rotatable bonds is 6. The molecule has 0 saturated heterocycles. The highest BCUT2D eigenvalue weighted by Gasteiger charge is 2.22. The second-order valence-corrected chi connectivity index (χ2v) is 6.29. The number of aryl methyl sites for hydroxylation is 1. The molecule has 0 unspecified atom stereocenters. The smallest absolute Gasteiger partial charge is 0.237 e. The maximum atomic E-state index is 12.9. The number of benzene rings is 1. The van der Waals surface area contributed by atoms with Crippen molar-refractivity contribution in [1.82, 2.24) is 20.2 Å². The number of imidazole rings is 1. The monoisotopic (exact) mass is 330 g/mol. The summed E-state index contributed by atoms with van der Waals surface area (Å²) in [5.74, 6) is 1.12. The quantitative estimate of drug-likeness (QED) is 0.854. The van der Waals surface area contributed by atoms with Crippen molar-refractivity contribution in [3.05, 3.63) is 53.9 Å². The molecule has 2 heterocycles. The van der Waals surface area contributed by atoms with Crippen LogP contribution in [0.4, 0.5) is 4.39 Å². The van der Waals surface area contributed by atoms with E-state index in [1.54, 1.807) is 12.1 Å². The summed E-state index contributed by atoms with van der Waals surface area (Å²) in [6.45, 7) is 4.02. The Hall–Kier alpha value is -2.21. The number of carbonyl (C=O) groups excluding carboxylic acids is 1. The molecule has 6 heteroatoms. The molecule has 1 aliphatic heterocycles. The van der Waals surface area contributed by atoms with E-state index in [4.69, 9.17) is 0 Å². The van der Waals surface area contributed by atoms with E-state index in [1.165, 1.54) is 12.1 Å². The third-order valence-corrected chi connectivity index (χ3v) is 4.51. The summed E-state index contributed by atoms with van der Waals surface area (Å²) in [4.78, 5) is 16.6. The molecule has 128 valence electrons. The number of hydrogen-bond donors (Lipinski definition) is 2. The number of aromatic nitrogens is 2. The lowest BCUT2D eigenvalue weighted by Crippen LogP contribution is -2.43. The van der Waals surface area contributed by atoms with Gasteiger partial charge in [0.05, 0.1) is 6.04 Å².